The fourth-order valence-corrected chi connectivity index (χ4v) is 4.57. The second kappa shape index (κ2) is 6.68. The van der Waals surface area contributed by atoms with E-state index in [9.17, 15) is 13.5 Å². The maximum atomic E-state index is 12.7. The zero-order chi connectivity index (χ0) is 18.5. The van der Waals surface area contributed by atoms with Crippen LogP contribution in [0.2, 0.25) is 0 Å². The summed E-state index contributed by atoms with van der Waals surface area (Å²) in [6.07, 6.45) is -3.62. The first-order chi connectivity index (χ1) is 12.4. The van der Waals surface area contributed by atoms with Crippen LogP contribution in [-0.4, -0.2) is 63.2 Å². The Bertz CT molecular complexity index is 776. The molecule has 0 spiro atoms. The van der Waals surface area contributed by atoms with Crippen LogP contribution >= 0.6 is 0 Å². The molecule has 4 aliphatic rings. The fourth-order valence-electron chi connectivity index (χ4n) is 3.47. The molecule has 1 saturated carbocycles. The number of ether oxygens (including phenoxy) is 4. The molecule has 1 unspecified atom stereocenters. The molecule has 1 aromatic rings. The lowest BCUT2D eigenvalue weighted by Crippen LogP contribution is -2.76. The van der Waals surface area contributed by atoms with Crippen LogP contribution < -0.4 is 0 Å². The standard InChI is InChI=1S/C17H20O8S/c1-3-8-21-14-12-11(18)13-16(15(14)24-17(22-12)23-13)25-26(19,20)10-6-4-9(2)5-7-10/h3-7,11-18H,1,8H2,2H3/t11-,12+,13-,14-,15+,16+,17?/m0/s1. The summed E-state index contributed by atoms with van der Waals surface area (Å²) in [4.78, 5) is 0.0196. The van der Waals surface area contributed by atoms with Crippen LogP contribution in [0.5, 0.6) is 0 Å². The van der Waals surface area contributed by atoms with Crippen LogP contribution in [0.15, 0.2) is 41.8 Å². The molecule has 3 aliphatic heterocycles. The maximum Gasteiger partial charge on any atom is 0.297 e. The lowest BCUT2D eigenvalue weighted by atomic mass is 9.82. The summed E-state index contributed by atoms with van der Waals surface area (Å²) < 4.78 is 52.9. The molecule has 0 radical (unpaired) electrons. The number of aryl methyl sites for hydroxylation is 1. The minimum atomic E-state index is -4.08. The number of hydrogen-bond donors (Lipinski definition) is 1. The zero-order valence-electron chi connectivity index (χ0n) is 14.1. The predicted octanol–water partition coefficient (Wildman–Crippen LogP) is 0.481. The molecule has 1 aromatic carbocycles. The van der Waals surface area contributed by atoms with E-state index in [1.807, 2.05) is 6.92 Å². The summed E-state index contributed by atoms with van der Waals surface area (Å²) in [5.41, 5.74) is 0.927. The summed E-state index contributed by atoms with van der Waals surface area (Å²) >= 11 is 0. The van der Waals surface area contributed by atoms with E-state index in [2.05, 4.69) is 6.58 Å². The van der Waals surface area contributed by atoms with Gasteiger partial charge < -0.3 is 24.1 Å². The average Bonchev–Trinajstić information content (AvgIpc) is 2.61. The predicted molar refractivity (Wildman–Crippen MR) is 87.6 cm³/mol. The topological polar surface area (TPSA) is 101 Å². The van der Waals surface area contributed by atoms with Crippen molar-refractivity contribution in [3.63, 3.8) is 0 Å². The first-order valence-corrected chi connectivity index (χ1v) is 9.68. The second-order valence-electron chi connectivity index (χ2n) is 6.50. The number of benzene rings is 1. The van der Waals surface area contributed by atoms with E-state index >= 15 is 0 Å². The van der Waals surface area contributed by atoms with Gasteiger partial charge in [-0.1, -0.05) is 23.8 Å². The van der Waals surface area contributed by atoms with Gasteiger partial charge in [-0.25, -0.2) is 0 Å². The van der Waals surface area contributed by atoms with Crippen LogP contribution in [0, 0.1) is 6.92 Å². The maximum absolute atomic E-state index is 12.7. The smallest absolute Gasteiger partial charge is 0.297 e. The van der Waals surface area contributed by atoms with Gasteiger partial charge in [0.05, 0.1) is 11.5 Å². The Balaban J connectivity index is 1.61. The molecule has 9 heteroatoms. The molecule has 3 heterocycles. The molecule has 8 nitrogen and oxygen atoms in total. The Kier molecular flexibility index (Phi) is 4.64. The Morgan fingerprint density at radius 2 is 1.73 bits per heavy atom. The Morgan fingerprint density at radius 1 is 1.12 bits per heavy atom. The van der Waals surface area contributed by atoms with E-state index < -0.39 is 53.2 Å². The molecular formula is C17H20O8S. The van der Waals surface area contributed by atoms with Gasteiger partial charge in [0.1, 0.15) is 36.6 Å². The molecule has 0 amide bonds. The van der Waals surface area contributed by atoms with Crippen LogP contribution in [0.3, 0.4) is 0 Å². The highest BCUT2D eigenvalue weighted by molar-refractivity contribution is 7.86. The van der Waals surface area contributed by atoms with Crippen molar-refractivity contribution >= 4 is 10.1 Å². The zero-order valence-corrected chi connectivity index (χ0v) is 14.9. The van der Waals surface area contributed by atoms with Crippen molar-refractivity contribution in [2.75, 3.05) is 6.61 Å². The number of aliphatic hydroxyl groups excluding tert-OH is 1. The van der Waals surface area contributed by atoms with Gasteiger partial charge in [-0.2, -0.15) is 8.42 Å². The van der Waals surface area contributed by atoms with E-state index in [1.165, 1.54) is 12.1 Å². The molecule has 4 fully saturated rings. The molecule has 3 saturated heterocycles. The Labute approximate surface area is 151 Å². The monoisotopic (exact) mass is 384 g/mol. The van der Waals surface area contributed by atoms with E-state index in [0.29, 0.717) is 0 Å². The summed E-state index contributed by atoms with van der Waals surface area (Å²) in [5, 5.41) is 10.5. The largest absolute Gasteiger partial charge is 0.387 e. The Morgan fingerprint density at radius 3 is 2.38 bits per heavy atom. The molecule has 1 N–H and O–H groups in total. The lowest BCUT2D eigenvalue weighted by Gasteiger charge is -2.57. The molecule has 26 heavy (non-hydrogen) atoms. The van der Waals surface area contributed by atoms with Crippen LogP contribution in [0.1, 0.15) is 5.56 Å². The molecule has 7 atom stereocenters. The van der Waals surface area contributed by atoms with Crippen LogP contribution in [0.4, 0.5) is 0 Å². The van der Waals surface area contributed by atoms with Gasteiger partial charge in [0.2, 0.25) is 0 Å². The average molecular weight is 384 g/mol. The van der Waals surface area contributed by atoms with Crippen molar-refractivity contribution < 1.29 is 36.7 Å². The van der Waals surface area contributed by atoms with E-state index in [1.54, 1.807) is 18.2 Å². The van der Waals surface area contributed by atoms with Crippen molar-refractivity contribution in [1.29, 1.82) is 0 Å². The van der Waals surface area contributed by atoms with Gasteiger partial charge in [-0.15, -0.1) is 6.58 Å². The van der Waals surface area contributed by atoms with Crippen molar-refractivity contribution in [2.24, 2.45) is 0 Å². The first-order valence-electron chi connectivity index (χ1n) is 8.27. The summed E-state index contributed by atoms with van der Waals surface area (Å²) in [7, 11) is -4.08. The molecular weight excluding hydrogens is 364 g/mol. The lowest BCUT2D eigenvalue weighted by molar-refractivity contribution is -0.480. The molecule has 0 aromatic heterocycles. The van der Waals surface area contributed by atoms with Gasteiger partial charge in [-0.3, -0.25) is 4.18 Å². The molecule has 5 rings (SSSR count). The van der Waals surface area contributed by atoms with Gasteiger partial charge in [-0.05, 0) is 19.1 Å². The summed E-state index contributed by atoms with van der Waals surface area (Å²) in [6.45, 7) is 4.67. The fraction of sp³-hybridized carbons (Fsp3) is 0.529. The van der Waals surface area contributed by atoms with Gasteiger partial charge >= 0.3 is 0 Å². The quantitative estimate of drug-likeness (QED) is 0.558. The first kappa shape index (κ1) is 18.1. The number of rotatable bonds is 6. The van der Waals surface area contributed by atoms with Gasteiger partial charge in [0, 0.05) is 0 Å². The third-order valence-corrected chi connectivity index (χ3v) is 6.05. The van der Waals surface area contributed by atoms with Crippen LogP contribution in [0.25, 0.3) is 0 Å². The Hall–Kier alpha value is -1.33. The van der Waals surface area contributed by atoms with Gasteiger partial charge in [0.15, 0.2) is 0 Å². The van der Waals surface area contributed by atoms with Crippen molar-refractivity contribution in [3.8, 4) is 0 Å². The van der Waals surface area contributed by atoms with Crippen molar-refractivity contribution in [1.82, 2.24) is 0 Å². The summed E-state index contributed by atoms with van der Waals surface area (Å²) in [5.74, 6) is 0. The summed E-state index contributed by atoms with van der Waals surface area (Å²) in [6, 6.07) is 6.29. The minimum Gasteiger partial charge on any atom is -0.387 e. The third-order valence-electron chi connectivity index (χ3n) is 4.73. The van der Waals surface area contributed by atoms with Crippen molar-refractivity contribution in [2.45, 2.75) is 54.9 Å². The van der Waals surface area contributed by atoms with E-state index in [0.717, 1.165) is 5.56 Å². The number of aliphatic hydroxyl groups is 1. The van der Waals surface area contributed by atoms with Crippen molar-refractivity contribution in [3.05, 3.63) is 42.5 Å². The number of hydrogen-bond acceptors (Lipinski definition) is 8. The van der Waals surface area contributed by atoms with Crippen LogP contribution in [-0.2, 0) is 33.2 Å². The normalized spacial score (nSPS) is 38.5. The minimum absolute atomic E-state index is 0.0196. The van der Waals surface area contributed by atoms with Gasteiger partial charge in [0.25, 0.3) is 16.6 Å². The third kappa shape index (κ3) is 2.99. The molecule has 142 valence electrons. The van der Waals surface area contributed by atoms with E-state index in [-0.39, 0.29) is 11.5 Å². The second-order valence-corrected chi connectivity index (χ2v) is 8.07. The highest BCUT2D eigenvalue weighted by Crippen LogP contribution is 2.43. The van der Waals surface area contributed by atoms with E-state index in [4.69, 9.17) is 23.1 Å². The molecule has 1 aliphatic carbocycles. The SMILES string of the molecule is C=CCO[C@@H]1[C@H]2OC3O[C@@H]1[C@H](O)[C@H](O3)[C@H]2OS(=O)(=O)c1ccc(C)cc1. The highest BCUT2D eigenvalue weighted by atomic mass is 32.2. The molecule has 4 bridgehead atoms. The highest BCUT2D eigenvalue weighted by Gasteiger charge is 2.63.